The summed E-state index contributed by atoms with van der Waals surface area (Å²) >= 11 is 0. The molecule has 0 saturated carbocycles. The summed E-state index contributed by atoms with van der Waals surface area (Å²) in [4.78, 5) is 11.0. The molecule has 114 valence electrons. The molecule has 1 heterocycles. The summed E-state index contributed by atoms with van der Waals surface area (Å²) < 4.78 is 5.01. The van der Waals surface area contributed by atoms with E-state index in [1.165, 1.54) is 0 Å². The molecular weight excluding hydrogens is 254 g/mol. The first-order chi connectivity index (χ1) is 9.61. The predicted octanol–water partition coefficient (Wildman–Crippen LogP) is 1.60. The van der Waals surface area contributed by atoms with Crippen LogP contribution in [0.1, 0.15) is 18.5 Å². The van der Waals surface area contributed by atoms with Gasteiger partial charge in [-0.25, -0.2) is 4.98 Å². The van der Waals surface area contributed by atoms with E-state index >= 15 is 0 Å². The van der Waals surface area contributed by atoms with Gasteiger partial charge in [0.05, 0.1) is 0 Å². The molecule has 0 radical (unpaired) electrons. The highest BCUT2D eigenvalue weighted by molar-refractivity contribution is 5.42. The monoisotopic (exact) mass is 281 g/mol. The van der Waals surface area contributed by atoms with E-state index in [1.54, 1.807) is 7.11 Å². The molecule has 0 spiro atoms. The molecule has 0 saturated heterocycles. The first-order valence-corrected chi connectivity index (χ1v) is 7.09. The fourth-order valence-electron chi connectivity index (χ4n) is 1.77. The van der Waals surface area contributed by atoms with Crippen LogP contribution in [0.25, 0.3) is 0 Å². The molecule has 0 atom stereocenters. The molecule has 0 unspecified atom stereocenters. The van der Waals surface area contributed by atoms with Crippen molar-refractivity contribution in [2.75, 3.05) is 58.1 Å². The Morgan fingerprint density at radius 1 is 1.15 bits per heavy atom. The number of aromatic nitrogens is 2. The zero-order chi connectivity index (χ0) is 14.8. The molecule has 2 N–H and O–H groups in total. The molecule has 0 aliphatic rings. The van der Waals surface area contributed by atoms with Crippen LogP contribution in [0, 0.1) is 6.92 Å². The zero-order valence-electron chi connectivity index (χ0n) is 13.1. The highest BCUT2D eigenvalue weighted by atomic mass is 16.5. The third-order valence-corrected chi connectivity index (χ3v) is 2.75. The van der Waals surface area contributed by atoms with Crippen molar-refractivity contribution in [2.45, 2.75) is 19.8 Å². The van der Waals surface area contributed by atoms with Gasteiger partial charge in [0.15, 0.2) is 0 Å². The maximum absolute atomic E-state index is 5.01. The van der Waals surface area contributed by atoms with Crippen LogP contribution in [0.3, 0.4) is 0 Å². The molecule has 6 heteroatoms. The van der Waals surface area contributed by atoms with Crippen molar-refractivity contribution in [3.8, 4) is 0 Å². The predicted molar refractivity (Wildman–Crippen MR) is 83.4 cm³/mol. The topological polar surface area (TPSA) is 62.3 Å². The van der Waals surface area contributed by atoms with Crippen LogP contribution in [0.15, 0.2) is 6.07 Å². The number of rotatable bonds is 10. The number of hydrogen-bond donors (Lipinski definition) is 2. The number of nitrogens with one attached hydrogen (secondary N) is 2. The second-order valence-electron chi connectivity index (χ2n) is 5.07. The average molecular weight is 281 g/mol. The van der Waals surface area contributed by atoms with E-state index in [0.717, 1.165) is 50.6 Å². The normalized spacial score (nSPS) is 10.8. The Balaban J connectivity index is 2.40. The zero-order valence-corrected chi connectivity index (χ0v) is 13.1. The van der Waals surface area contributed by atoms with Gasteiger partial charge in [0, 0.05) is 38.6 Å². The Bertz CT molecular complexity index is 384. The molecular formula is C14H27N5O. The summed E-state index contributed by atoms with van der Waals surface area (Å²) in [6, 6.07) is 1.97. The molecule has 1 rings (SSSR count). The van der Waals surface area contributed by atoms with E-state index in [2.05, 4.69) is 39.6 Å². The molecule has 0 aliphatic carbocycles. The van der Waals surface area contributed by atoms with E-state index in [0.29, 0.717) is 5.95 Å². The van der Waals surface area contributed by atoms with Crippen molar-refractivity contribution in [1.29, 1.82) is 0 Å². The highest BCUT2D eigenvalue weighted by Gasteiger charge is 2.01. The lowest BCUT2D eigenvalue weighted by Crippen LogP contribution is -2.17. The summed E-state index contributed by atoms with van der Waals surface area (Å²) in [5.41, 5.74) is 0.962. The minimum absolute atomic E-state index is 0.677. The van der Waals surface area contributed by atoms with E-state index in [1.807, 2.05) is 13.0 Å². The van der Waals surface area contributed by atoms with Crippen molar-refractivity contribution in [3.63, 3.8) is 0 Å². The fourth-order valence-corrected chi connectivity index (χ4v) is 1.77. The average Bonchev–Trinajstić information content (AvgIpc) is 2.39. The fraction of sp³-hybridized carbons (Fsp3) is 0.714. The van der Waals surface area contributed by atoms with Gasteiger partial charge in [0.2, 0.25) is 5.95 Å². The summed E-state index contributed by atoms with van der Waals surface area (Å²) in [7, 11) is 5.87. The molecule has 0 bridgehead atoms. The lowest BCUT2D eigenvalue weighted by atomic mass is 10.3. The van der Waals surface area contributed by atoms with E-state index in [9.17, 15) is 0 Å². The van der Waals surface area contributed by atoms with Gasteiger partial charge in [-0.3, -0.25) is 0 Å². The van der Waals surface area contributed by atoms with Crippen LogP contribution in [-0.4, -0.2) is 62.3 Å². The van der Waals surface area contributed by atoms with Gasteiger partial charge in [0.25, 0.3) is 0 Å². The molecule has 6 nitrogen and oxygen atoms in total. The Morgan fingerprint density at radius 2 is 1.90 bits per heavy atom. The van der Waals surface area contributed by atoms with Gasteiger partial charge in [0.1, 0.15) is 5.82 Å². The maximum atomic E-state index is 5.01. The summed E-state index contributed by atoms with van der Waals surface area (Å²) in [5, 5.41) is 6.56. The van der Waals surface area contributed by atoms with Crippen molar-refractivity contribution in [3.05, 3.63) is 11.8 Å². The number of nitrogens with zero attached hydrogens (tertiary/aromatic N) is 3. The van der Waals surface area contributed by atoms with Gasteiger partial charge >= 0.3 is 0 Å². The SMILES string of the molecule is COCCCNc1nc(C)cc(NCCCN(C)C)n1. The maximum Gasteiger partial charge on any atom is 0.224 e. The minimum atomic E-state index is 0.677. The van der Waals surface area contributed by atoms with Crippen LogP contribution in [-0.2, 0) is 4.74 Å². The smallest absolute Gasteiger partial charge is 0.224 e. The molecule has 1 aromatic heterocycles. The van der Waals surface area contributed by atoms with E-state index in [4.69, 9.17) is 4.74 Å². The molecule has 0 aliphatic heterocycles. The molecule has 0 aromatic carbocycles. The first-order valence-electron chi connectivity index (χ1n) is 7.09. The van der Waals surface area contributed by atoms with Crippen LogP contribution < -0.4 is 10.6 Å². The number of hydrogen-bond acceptors (Lipinski definition) is 6. The van der Waals surface area contributed by atoms with Crippen LogP contribution >= 0.6 is 0 Å². The van der Waals surface area contributed by atoms with Crippen molar-refractivity contribution < 1.29 is 4.74 Å². The molecule has 1 aromatic rings. The van der Waals surface area contributed by atoms with E-state index < -0.39 is 0 Å². The van der Waals surface area contributed by atoms with Crippen molar-refractivity contribution in [2.24, 2.45) is 0 Å². The van der Waals surface area contributed by atoms with Crippen LogP contribution in [0.2, 0.25) is 0 Å². The lowest BCUT2D eigenvalue weighted by Gasteiger charge is -2.11. The Hall–Kier alpha value is -1.40. The lowest BCUT2D eigenvalue weighted by molar-refractivity contribution is 0.197. The second-order valence-corrected chi connectivity index (χ2v) is 5.07. The largest absolute Gasteiger partial charge is 0.385 e. The second kappa shape index (κ2) is 9.50. The third kappa shape index (κ3) is 7.25. The standard InChI is InChI=1S/C14H27N5O/c1-12-11-13(15-7-5-9-19(2)3)18-14(17-12)16-8-6-10-20-4/h11H,5-10H2,1-4H3,(H2,15,16,17,18). The first kappa shape index (κ1) is 16.7. The van der Waals surface area contributed by atoms with Gasteiger partial charge < -0.3 is 20.3 Å². The minimum Gasteiger partial charge on any atom is -0.385 e. The van der Waals surface area contributed by atoms with Crippen molar-refractivity contribution in [1.82, 2.24) is 14.9 Å². The molecule has 0 fully saturated rings. The summed E-state index contributed by atoms with van der Waals surface area (Å²) in [6.07, 6.45) is 2.03. The van der Waals surface area contributed by atoms with Gasteiger partial charge in [-0.2, -0.15) is 4.98 Å². The van der Waals surface area contributed by atoms with Crippen molar-refractivity contribution >= 4 is 11.8 Å². The third-order valence-electron chi connectivity index (χ3n) is 2.75. The van der Waals surface area contributed by atoms with Gasteiger partial charge in [-0.15, -0.1) is 0 Å². The molecule has 20 heavy (non-hydrogen) atoms. The van der Waals surface area contributed by atoms with E-state index in [-0.39, 0.29) is 0 Å². The number of anilines is 2. The van der Waals surface area contributed by atoms with Gasteiger partial charge in [-0.1, -0.05) is 0 Å². The van der Waals surface area contributed by atoms with Gasteiger partial charge in [-0.05, 0) is 40.4 Å². The Kier molecular flexibility index (Phi) is 7.91. The van der Waals surface area contributed by atoms with Crippen LogP contribution in [0.5, 0.6) is 0 Å². The quantitative estimate of drug-likeness (QED) is 0.635. The number of aryl methyl sites for hydroxylation is 1. The Morgan fingerprint density at radius 3 is 2.60 bits per heavy atom. The Labute approximate surface area is 121 Å². The highest BCUT2D eigenvalue weighted by Crippen LogP contribution is 2.09. The summed E-state index contributed by atoms with van der Waals surface area (Å²) in [6.45, 7) is 5.52. The van der Waals surface area contributed by atoms with Crippen LogP contribution in [0.4, 0.5) is 11.8 Å². The molecule has 0 amide bonds. The number of methoxy groups -OCH3 is 1. The number of ether oxygens (including phenoxy) is 1. The summed E-state index contributed by atoms with van der Waals surface area (Å²) in [5.74, 6) is 1.56.